The Bertz CT molecular complexity index is 1020. The normalized spacial score (nSPS) is 20.8. The standard InChI is InChI=1S/C22H35N5O3/c1-20(2,3)13-26-15-9-10-16(23-17(15)24(8)18(26)28)25-11-12-27(19(29)30)22(7,14-25)21(4,5)6/h9-10H,11-14H2,1-8H3,(H,29,30)/t22-/m1/s1. The van der Waals surface area contributed by atoms with E-state index in [0.29, 0.717) is 31.8 Å². The van der Waals surface area contributed by atoms with Gasteiger partial charge in [-0.05, 0) is 29.9 Å². The number of aromatic nitrogens is 3. The van der Waals surface area contributed by atoms with E-state index in [1.807, 2.05) is 19.1 Å². The van der Waals surface area contributed by atoms with Crippen molar-refractivity contribution in [2.45, 2.75) is 60.5 Å². The zero-order chi connectivity index (χ0) is 22.6. The smallest absolute Gasteiger partial charge is 0.407 e. The van der Waals surface area contributed by atoms with E-state index in [1.54, 1.807) is 21.1 Å². The molecule has 1 aliphatic rings. The van der Waals surface area contributed by atoms with E-state index >= 15 is 0 Å². The van der Waals surface area contributed by atoms with E-state index in [2.05, 4.69) is 46.4 Å². The average molecular weight is 418 g/mol. The first-order valence-corrected chi connectivity index (χ1v) is 10.5. The summed E-state index contributed by atoms with van der Waals surface area (Å²) in [7, 11) is 1.75. The zero-order valence-corrected chi connectivity index (χ0v) is 19.5. The summed E-state index contributed by atoms with van der Waals surface area (Å²) >= 11 is 0. The summed E-state index contributed by atoms with van der Waals surface area (Å²) in [5.41, 5.74) is 0.552. The van der Waals surface area contributed by atoms with Gasteiger partial charge in [-0.3, -0.25) is 14.0 Å². The second kappa shape index (κ2) is 7.03. The van der Waals surface area contributed by atoms with E-state index in [-0.39, 0.29) is 16.5 Å². The largest absolute Gasteiger partial charge is 0.465 e. The molecule has 0 spiro atoms. The van der Waals surface area contributed by atoms with Crippen LogP contribution in [0.25, 0.3) is 11.2 Å². The summed E-state index contributed by atoms with van der Waals surface area (Å²) < 4.78 is 3.38. The third-order valence-corrected chi connectivity index (χ3v) is 6.46. The van der Waals surface area contributed by atoms with Gasteiger partial charge in [0.1, 0.15) is 5.82 Å². The highest BCUT2D eigenvalue weighted by atomic mass is 16.4. The van der Waals surface area contributed by atoms with Crippen LogP contribution in [0, 0.1) is 10.8 Å². The molecule has 8 nitrogen and oxygen atoms in total. The fourth-order valence-corrected chi connectivity index (χ4v) is 4.21. The number of fused-ring (bicyclic) bond motifs is 1. The molecule has 0 bridgehead atoms. The molecule has 2 aromatic heterocycles. The SMILES string of the molecule is Cn1c(=O)n(CC(C)(C)C)c2ccc(N3CCN(C(=O)O)[C@@](C)(C(C)(C)C)C3)nc21. The van der Waals surface area contributed by atoms with Crippen molar-refractivity contribution < 1.29 is 9.90 Å². The van der Waals surface area contributed by atoms with E-state index in [4.69, 9.17) is 4.98 Å². The second-order valence-corrected chi connectivity index (χ2v) is 10.9. The zero-order valence-electron chi connectivity index (χ0n) is 19.5. The lowest BCUT2D eigenvalue weighted by Gasteiger charge is -2.54. The van der Waals surface area contributed by atoms with Gasteiger partial charge in [-0.1, -0.05) is 41.5 Å². The van der Waals surface area contributed by atoms with Crippen molar-refractivity contribution in [1.29, 1.82) is 0 Å². The first-order valence-electron chi connectivity index (χ1n) is 10.5. The number of anilines is 1. The average Bonchev–Trinajstić information content (AvgIpc) is 2.83. The molecule has 1 atom stereocenters. The molecule has 1 amide bonds. The maximum Gasteiger partial charge on any atom is 0.407 e. The van der Waals surface area contributed by atoms with Gasteiger partial charge >= 0.3 is 11.8 Å². The van der Waals surface area contributed by atoms with Gasteiger partial charge in [0.05, 0.1) is 11.1 Å². The lowest BCUT2D eigenvalue weighted by Crippen LogP contribution is -2.67. The van der Waals surface area contributed by atoms with Crippen molar-refractivity contribution in [2.24, 2.45) is 17.9 Å². The van der Waals surface area contributed by atoms with Crippen molar-refractivity contribution in [2.75, 3.05) is 24.5 Å². The van der Waals surface area contributed by atoms with Gasteiger partial charge in [0.15, 0.2) is 5.65 Å². The van der Waals surface area contributed by atoms with Crippen molar-refractivity contribution in [1.82, 2.24) is 19.0 Å². The highest BCUT2D eigenvalue weighted by Crippen LogP contribution is 2.39. The number of imidazole rings is 1. The molecule has 30 heavy (non-hydrogen) atoms. The Labute approximate surface area is 178 Å². The van der Waals surface area contributed by atoms with Gasteiger partial charge in [0.2, 0.25) is 0 Å². The Hall–Kier alpha value is -2.51. The van der Waals surface area contributed by atoms with Crippen LogP contribution in [0.3, 0.4) is 0 Å². The van der Waals surface area contributed by atoms with Crippen LogP contribution in [0.4, 0.5) is 10.6 Å². The van der Waals surface area contributed by atoms with Crippen LogP contribution in [0.15, 0.2) is 16.9 Å². The molecule has 3 rings (SSSR count). The molecular formula is C22H35N5O3. The third-order valence-electron chi connectivity index (χ3n) is 6.46. The molecule has 0 aromatic carbocycles. The van der Waals surface area contributed by atoms with Crippen LogP contribution in [0.1, 0.15) is 48.5 Å². The molecule has 0 unspecified atom stereocenters. The van der Waals surface area contributed by atoms with Gasteiger partial charge in [0, 0.05) is 33.2 Å². The molecule has 0 saturated carbocycles. The summed E-state index contributed by atoms with van der Waals surface area (Å²) in [6.45, 7) is 16.7. The molecule has 1 saturated heterocycles. The number of pyridine rings is 1. The summed E-state index contributed by atoms with van der Waals surface area (Å²) in [6.07, 6.45) is -0.892. The molecule has 0 radical (unpaired) electrons. The number of amides is 1. The van der Waals surface area contributed by atoms with Gasteiger partial charge in [-0.15, -0.1) is 0 Å². The minimum absolute atomic E-state index is 0.0293. The molecule has 1 N–H and O–H groups in total. The summed E-state index contributed by atoms with van der Waals surface area (Å²) in [5, 5.41) is 9.75. The Kier molecular flexibility index (Phi) is 5.20. The molecule has 1 fully saturated rings. The fourth-order valence-electron chi connectivity index (χ4n) is 4.21. The predicted octanol–water partition coefficient (Wildman–Crippen LogP) is 3.39. The summed E-state index contributed by atoms with van der Waals surface area (Å²) in [4.78, 5) is 33.2. The van der Waals surface area contributed by atoms with Crippen LogP contribution in [0.2, 0.25) is 0 Å². The first-order chi connectivity index (χ1) is 13.7. The number of aryl methyl sites for hydroxylation is 1. The third kappa shape index (κ3) is 3.68. The van der Waals surface area contributed by atoms with Crippen LogP contribution >= 0.6 is 0 Å². The van der Waals surface area contributed by atoms with Gasteiger partial charge in [-0.2, -0.15) is 0 Å². The molecule has 0 aliphatic carbocycles. The van der Waals surface area contributed by atoms with Crippen molar-refractivity contribution in [3.05, 3.63) is 22.6 Å². The number of carboxylic acid groups (broad SMARTS) is 1. The number of piperazine rings is 1. The number of rotatable bonds is 2. The lowest BCUT2D eigenvalue weighted by atomic mass is 9.72. The molecule has 1 aliphatic heterocycles. The Morgan fingerprint density at radius 3 is 2.33 bits per heavy atom. The molecule has 8 heteroatoms. The van der Waals surface area contributed by atoms with Crippen LogP contribution in [-0.2, 0) is 13.6 Å². The number of hydrogen-bond acceptors (Lipinski definition) is 4. The summed E-state index contributed by atoms with van der Waals surface area (Å²) in [6, 6.07) is 3.91. The molecule has 166 valence electrons. The van der Waals surface area contributed by atoms with Crippen molar-refractivity contribution in [3.63, 3.8) is 0 Å². The van der Waals surface area contributed by atoms with Crippen molar-refractivity contribution >= 4 is 23.1 Å². The molecule has 2 aromatic rings. The Morgan fingerprint density at radius 1 is 1.17 bits per heavy atom. The second-order valence-electron chi connectivity index (χ2n) is 10.9. The minimum atomic E-state index is -0.892. The maximum absolute atomic E-state index is 12.8. The fraction of sp³-hybridized carbons (Fsp3) is 0.682. The number of nitrogens with zero attached hydrogens (tertiary/aromatic N) is 5. The quantitative estimate of drug-likeness (QED) is 0.810. The monoisotopic (exact) mass is 417 g/mol. The van der Waals surface area contributed by atoms with E-state index in [1.165, 1.54) is 0 Å². The molecule has 3 heterocycles. The lowest BCUT2D eigenvalue weighted by molar-refractivity contribution is 0.00729. The Morgan fingerprint density at radius 2 is 1.80 bits per heavy atom. The summed E-state index contributed by atoms with van der Waals surface area (Å²) in [5.74, 6) is 0.770. The van der Waals surface area contributed by atoms with Crippen LogP contribution < -0.4 is 10.6 Å². The van der Waals surface area contributed by atoms with E-state index in [0.717, 1.165) is 11.3 Å². The molecular weight excluding hydrogens is 382 g/mol. The van der Waals surface area contributed by atoms with Gasteiger partial charge in [-0.25, -0.2) is 14.6 Å². The van der Waals surface area contributed by atoms with Crippen LogP contribution in [-0.4, -0.2) is 55.4 Å². The van der Waals surface area contributed by atoms with Crippen LogP contribution in [0.5, 0.6) is 0 Å². The highest BCUT2D eigenvalue weighted by molar-refractivity contribution is 5.74. The number of hydrogen-bond donors (Lipinski definition) is 1. The highest BCUT2D eigenvalue weighted by Gasteiger charge is 2.48. The predicted molar refractivity (Wildman–Crippen MR) is 119 cm³/mol. The van der Waals surface area contributed by atoms with E-state index in [9.17, 15) is 14.7 Å². The van der Waals surface area contributed by atoms with Gasteiger partial charge in [0.25, 0.3) is 0 Å². The van der Waals surface area contributed by atoms with E-state index < -0.39 is 11.6 Å². The first kappa shape index (κ1) is 22.2. The topological polar surface area (TPSA) is 83.6 Å². The Balaban J connectivity index is 2.03. The minimum Gasteiger partial charge on any atom is -0.465 e. The van der Waals surface area contributed by atoms with Crippen molar-refractivity contribution in [3.8, 4) is 0 Å². The van der Waals surface area contributed by atoms with Gasteiger partial charge < -0.3 is 10.0 Å². The maximum atomic E-state index is 12.8. The number of carbonyl (C=O) groups is 1.